The van der Waals surface area contributed by atoms with Crippen molar-refractivity contribution in [1.29, 1.82) is 0 Å². The van der Waals surface area contributed by atoms with Crippen molar-refractivity contribution < 1.29 is 0 Å². The van der Waals surface area contributed by atoms with Gasteiger partial charge in [-0.15, -0.1) is 0 Å². The molecule has 98 valence electrons. The number of nitrogens with zero attached hydrogens (tertiary/aromatic N) is 1. The summed E-state index contributed by atoms with van der Waals surface area (Å²) in [6.45, 7) is 6.86. The molecule has 0 amide bonds. The molecule has 1 fully saturated rings. The summed E-state index contributed by atoms with van der Waals surface area (Å²) in [6.07, 6.45) is 3.99. The van der Waals surface area contributed by atoms with Crippen molar-refractivity contribution in [3.8, 4) is 0 Å². The summed E-state index contributed by atoms with van der Waals surface area (Å²) >= 11 is 1.92. The first-order valence-electron chi connectivity index (χ1n) is 7.08. The summed E-state index contributed by atoms with van der Waals surface area (Å²) in [4.78, 5) is 2.58. The van der Waals surface area contributed by atoms with Gasteiger partial charge in [-0.1, -0.05) is 0 Å². The van der Waals surface area contributed by atoms with Crippen LogP contribution in [0.25, 0.3) is 0 Å². The number of nitrogens with one attached hydrogen (secondary N) is 1. The van der Waals surface area contributed by atoms with Crippen LogP contribution >= 0.6 is 0 Å². The van der Waals surface area contributed by atoms with E-state index in [0.29, 0.717) is 0 Å². The topological polar surface area (TPSA) is 15.3 Å². The third-order valence-corrected chi connectivity index (χ3v) is 5.52. The molecular weight excluding hydrogens is 283 g/mol. The average Bonchev–Trinajstić information content (AvgIpc) is 2.40. The average molecular weight is 306 g/mol. The molecule has 0 aromatic heterocycles. The molecule has 3 rings (SSSR count). The van der Waals surface area contributed by atoms with Crippen LogP contribution in [0.4, 0.5) is 5.69 Å². The van der Waals surface area contributed by atoms with E-state index in [1.165, 1.54) is 30.5 Å². The molecule has 0 spiro atoms. The normalized spacial score (nSPS) is 23.9. The van der Waals surface area contributed by atoms with Crippen molar-refractivity contribution in [2.75, 3.05) is 31.1 Å². The number of benzene rings is 1. The van der Waals surface area contributed by atoms with Crippen LogP contribution < -0.4 is 10.2 Å². The van der Waals surface area contributed by atoms with Crippen LogP contribution in [0.5, 0.6) is 0 Å². The van der Waals surface area contributed by atoms with Crippen molar-refractivity contribution in [3.63, 3.8) is 0 Å². The molecule has 1 unspecified atom stereocenters. The molecule has 0 bridgehead atoms. The van der Waals surface area contributed by atoms with E-state index in [2.05, 4.69) is 29.3 Å². The number of anilines is 1. The number of rotatable bonds is 1. The quantitative estimate of drug-likeness (QED) is 0.787. The zero-order valence-corrected chi connectivity index (χ0v) is 13.6. The summed E-state index contributed by atoms with van der Waals surface area (Å²) in [6, 6.07) is 4.70. The number of aryl methyl sites for hydroxylation is 1. The van der Waals surface area contributed by atoms with Gasteiger partial charge in [-0.2, -0.15) is 0 Å². The van der Waals surface area contributed by atoms with Gasteiger partial charge in [-0.25, -0.2) is 0 Å². The Morgan fingerprint density at radius 3 is 2.78 bits per heavy atom. The number of hydrogen-bond donors (Lipinski definition) is 1. The fraction of sp³-hybridized carbons (Fsp3) is 0.600. The summed E-state index contributed by atoms with van der Waals surface area (Å²) in [5.41, 5.74) is 6.35. The summed E-state index contributed by atoms with van der Waals surface area (Å²) in [5, 5.41) is 3.45. The molecule has 2 nitrogen and oxygen atoms in total. The van der Waals surface area contributed by atoms with Gasteiger partial charge in [0.2, 0.25) is 0 Å². The molecule has 1 aromatic carbocycles. The minimum atomic E-state index is 0.911. The second-order valence-electron chi connectivity index (χ2n) is 5.60. The Balaban J connectivity index is 1.98. The third-order valence-electron chi connectivity index (χ3n) is 4.33. The second-order valence-corrected chi connectivity index (χ2v) is 7.58. The van der Waals surface area contributed by atoms with Crippen LogP contribution in [0.1, 0.15) is 23.1 Å². The van der Waals surface area contributed by atoms with E-state index in [1.54, 1.807) is 11.1 Å². The summed E-state index contributed by atoms with van der Waals surface area (Å²) in [5.74, 6) is 0. The van der Waals surface area contributed by atoms with Crippen molar-refractivity contribution >= 4 is 22.5 Å². The first-order valence-corrected chi connectivity index (χ1v) is 8.48. The molecule has 1 aliphatic heterocycles. The summed E-state index contributed by atoms with van der Waals surface area (Å²) < 4.78 is 0.911. The standard InChI is InChI=1S/C15H23AsN2/c1-11-2-5-15(18-8-6-17-7-9-18)14-10-12(16)3-4-13(11)14/h2,5,12,17H,3-4,6-10,16H2,1H3/t12-/m1/s1. The molecule has 1 aliphatic carbocycles. The molecule has 1 aromatic rings. The predicted octanol–water partition coefficient (Wildman–Crippen LogP) is 1.31. The van der Waals surface area contributed by atoms with E-state index in [9.17, 15) is 0 Å². The monoisotopic (exact) mass is 306 g/mol. The number of piperazine rings is 1. The molecule has 1 saturated heterocycles. The SMILES string of the molecule is Cc1ccc(N2CCNCC2)c2c1CC[C@@H]([AsH2])C2. The molecule has 1 N–H and O–H groups in total. The van der Waals surface area contributed by atoms with Crippen molar-refractivity contribution in [2.45, 2.75) is 30.9 Å². The molecule has 0 radical (unpaired) electrons. The molecule has 1 heterocycles. The van der Waals surface area contributed by atoms with Crippen LogP contribution in [0.2, 0.25) is 4.71 Å². The van der Waals surface area contributed by atoms with Gasteiger partial charge in [-0.3, -0.25) is 0 Å². The van der Waals surface area contributed by atoms with Gasteiger partial charge in [0.15, 0.2) is 0 Å². The molecule has 0 saturated carbocycles. The van der Waals surface area contributed by atoms with Crippen LogP contribution in [0, 0.1) is 6.92 Å². The van der Waals surface area contributed by atoms with Gasteiger partial charge in [0.1, 0.15) is 0 Å². The zero-order valence-electron chi connectivity index (χ0n) is 11.2. The van der Waals surface area contributed by atoms with Crippen molar-refractivity contribution in [3.05, 3.63) is 28.8 Å². The Hall–Kier alpha value is -0.462. The Morgan fingerprint density at radius 2 is 2.00 bits per heavy atom. The maximum atomic E-state index is 3.45. The van der Waals surface area contributed by atoms with E-state index in [1.807, 2.05) is 16.9 Å². The van der Waals surface area contributed by atoms with Crippen LogP contribution in [-0.4, -0.2) is 43.0 Å². The van der Waals surface area contributed by atoms with E-state index in [4.69, 9.17) is 0 Å². The molecule has 2 atom stereocenters. The van der Waals surface area contributed by atoms with E-state index < -0.39 is 0 Å². The number of fused-ring (bicyclic) bond motifs is 1. The Kier molecular flexibility index (Phi) is 3.68. The van der Waals surface area contributed by atoms with E-state index in [-0.39, 0.29) is 0 Å². The molecule has 3 heteroatoms. The van der Waals surface area contributed by atoms with Crippen molar-refractivity contribution in [1.82, 2.24) is 5.32 Å². The second kappa shape index (κ2) is 5.27. The van der Waals surface area contributed by atoms with Gasteiger partial charge in [0.05, 0.1) is 0 Å². The Morgan fingerprint density at radius 1 is 1.22 bits per heavy atom. The molecule has 2 aliphatic rings. The van der Waals surface area contributed by atoms with Crippen molar-refractivity contribution in [2.24, 2.45) is 0 Å². The summed E-state index contributed by atoms with van der Waals surface area (Å²) in [7, 11) is 0. The van der Waals surface area contributed by atoms with Gasteiger partial charge in [0.25, 0.3) is 0 Å². The Labute approximate surface area is 119 Å². The van der Waals surface area contributed by atoms with Gasteiger partial charge in [0, 0.05) is 0 Å². The van der Waals surface area contributed by atoms with Crippen LogP contribution in [0.15, 0.2) is 12.1 Å². The fourth-order valence-electron chi connectivity index (χ4n) is 3.27. The molecular formula is C15H23AsN2. The zero-order chi connectivity index (χ0) is 12.5. The van der Waals surface area contributed by atoms with Gasteiger partial charge >= 0.3 is 119 Å². The third kappa shape index (κ3) is 2.33. The first kappa shape index (κ1) is 12.6. The van der Waals surface area contributed by atoms with E-state index >= 15 is 0 Å². The minimum absolute atomic E-state index is 0.911. The number of hydrogen-bond acceptors (Lipinski definition) is 2. The Bertz CT molecular complexity index is 438. The maximum absolute atomic E-state index is 3.45. The predicted molar refractivity (Wildman–Crippen MR) is 80.6 cm³/mol. The van der Waals surface area contributed by atoms with Crippen LogP contribution in [0.3, 0.4) is 0 Å². The fourth-order valence-corrected chi connectivity index (χ4v) is 4.11. The van der Waals surface area contributed by atoms with E-state index in [0.717, 1.165) is 30.9 Å². The van der Waals surface area contributed by atoms with Gasteiger partial charge in [-0.05, 0) is 0 Å². The van der Waals surface area contributed by atoms with Crippen LogP contribution in [-0.2, 0) is 12.8 Å². The van der Waals surface area contributed by atoms with Gasteiger partial charge < -0.3 is 0 Å². The molecule has 18 heavy (non-hydrogen) atoms. The first-order chi connectivity index (χ1) is 8.75.